The Hall–Kier alpha value is -2.84. The number of ether oxygens (including phenoxy) is 2. The summed E-state index contributed by atoms with van der Waals surface area (Å²) in [6.45, 7) is 3.83. The number of nitriles is 1. The van der Waals surface area contributed by atoms with Crippen LogP contribution < -0.4 is 10.1 Å². The number of carbonyl (C=O) groups is 1. The molecule has 1 saturated heterocycles. The Morgan fingerprint density at radius 3 is 2.69 bits per heavy atom. The van der Waals surface area contributed by atoms with Crippen LogP contribution in [0.1, 0.15) is 36.6 Å². The molecular formula is C21H20N2O3. The molecule has 2 aliphatic rings. The highest BCUT2D eigenvalue weighted by atomic mass is 16.6. The third kappa shape index (κ3) is 2.83. The first-order valence-corrected chi connectivity index (χ1v) is 8.71. The summed E-state index contributed by atoms with van der Waals surface area (Å²) in [5, 5.41) is 12.7. The molecule has 0 saturated carbocycles. The molecule has 0 aliphatic carbocycles. The van der Waals surface area contributed by atoms with Crippen molar-refractivity contribution in [1.82, 2.24) is 5.32 Å². The lowest BCUT2D eigenvalue weighted by molar-refractivity contribution is -0.178. The SMILES string of the molecule is CC1(C)Oc2ccc(C#N)cc2[C@@H]2NC(Cc3ccccc3)C(=O)O[C@H]21. The summed E-state index contributed by atoms with van der Waals surface area (Å²) < 4.78 is 11.9. The molecule has 2 aromatic rings. The smallest absolute Gasteiger partial charge is 0.323 e. The van der Waals surface area contributed by atoms with E-state index < -0.39 is 17.7 Å². The van der Waals surface area contributed by atoms with E-state index in [-0.39, 0.29) is 12.0 Å². The van der Waals surface area contributed by atoms with E-state index in [9.17, 15) is 10.1 Å². The van der Waals surface area contributed by atoms with Gasteiger partial charge in [-0.2, -0.15) is 5.26 Å². The van der Waals surface area contributed by atoms with Crippen LogP contribution in [0.3, 0.4) is 0 Å². The summed E-state index contributed by atoms with van der Waals surface area (Å²) in [6, 6.07) is 16.7. The van der Waals surface area contributed by atoms with Crippen LogP contribution >= 0.6 is 0 Å². The van der Waals surface area contributed by atoms with Gasteiger partial charge >= 0.3 is 5.97 Å². The maximum Gasteiger partial charge on any atom is 0.323 e. The van der Waals surface area contributed by atoms with Gasteiger partial charge in [0.2, 0.25) is 0 Å². The number of hydrogen-bond acceptors (Lipinski definition) is 5. The van der Waals surface area contributed by atoms with Crippen molar-refractivity contribution in [2.24, 2.45) is 0 Å². The summed E-state index contributed by atoms with van der Waals surface area (Å²) in [5.74, 6) is 0.450. The van der Waals surface area contributed by atoms with Crippen molar-refractivity contribution >= 4 is 5.97 Å². The Balaban J connectivity index is 1.69. The van der Waals surface area contributed by atoms with Crippen LogP contribution in [0.15, 0.2) is 48.5 Å². The zero-order valence-corrected chi connectivity index (χ0v) is 14.7. The van der Waals surface area contributed by atoms with Crippen LogP contribution in [0, 0.1) is 11.3 Å². The molecule has 3 atom stereocenters. The Bertz CT molecular complexity index is 886. The van der Waals surface area contributed by atoms with Crippen LogP contribution in [0.4, 0.5) is 0 Å². The van der Waals surface area contributed by atoms with Crippen molar-refractivity contribution in [3.63, 3.8) is 0 Å². The lowest BCUT2D eigenvalue weighted by atomic mass is 9.83. The topological polar surface area (TPSA) is 71.3 Å². The third-order valence-electron chi connectivity index (χ3n) is 5.03. The van der Waals surface area contributed by atoms with Gasteiger partial charge in [0.25, 0.3) is 0 Å². The Kier molecular flexibility index (Phi) is 3.93. The molecule has 0 radical (unpaired) electrons. The highest BCUT2D eigenvalue weighted by Gasteiger charge is 2.51. The van der Waals surface area contributed by atoms with Crippen molar-refractivity contribution in [3.05, 3.63) is 65.2 Å². The minimum Gasteiger partial charge on any atom is -0.484 e. The summed E-state index contributed by atoms with van der Waals surface area (Å²) in [4.78, 5) is 12.6. The number of esters is 1. The maximum atomic E-state index is 12.6. The average molecular weight is 348 g/mol. The van der Waals surface area contributed by atoms with Crippen LogP contribution in [0.25, 0.3) is 0 Å². The first-order chi connectivity index (χ1) is 12.5. The van der Waals surface area contributed by atoms with Gasteiger partial charge in [0.1, 0.15) is 17.4 Å². The van der Waals surface area contributed by atoms with E-state index in [2.05, 4.69) is 11.4 Å². The number of rotatable bonds is 2. The van der Waals surface area contributed by atoms with Gasteiger partial charge in [-0.1, -0.05) is 30.3 Å². The summed E-state index contributed by atoms with van der Waals surface area (Å²) in [7, 11) is 0. The number of hydrogen-bond donors (Lipinski definition) is 1. The minimum absolute atomic E-state index is 0.214. The zero-order valence-electron chi connectivity index (χ0n) is 14.7. The summed E-state index contributed by atoms with van der Waals surface area (Å²) in [5.41, 5.74) is 1.83. The Morgan fingerprint density at radius 1 is 1.19 bits per heavy atom. The average Bonchev–Trinajstić information content (AvgIpc) is 2.63. The second kappa shape index (κ2) is 6.15. The second-order valence-electron chi connectivity index (χ2n) is 7.31. The molecule has 2 heterocycles. The van der Waals surface area contributed by atoms with Crippen LogP contribution in [-0.4, -0.2) is 23.7 Å². The highest BCUT2D eigenvalue weighted by molar-refractivity contribution is 5.78. The lowest BCUT2D eigenvalue weighted by Gasteiger charge is -2.48. The van der Waals surface area contributed by atoms with Crippen molar-refractivity contribution in [2.75, 3.05) is 0 Å². The van der Waals surface area contributed by atoms with Crippen LogP contribution in [0.2, 0.25) is 0 Å². The van der Waals surface area contributed by atoms with E-state index >= 15 is 0 Å². The normalized spacial score (nSPS) is 25.9. The van der Waals surface area contributed by atoms with Gasteiger partial charge in [-0.3, -0.25) is 10.1 Å². The molecule has 132 valence electrons. The van der Waals surface area contributed by atoms with Crippen molar-refractivity contribution < 1.29 is 14.3 Å². The van der Waals surface area contributed by atoms with Crippen LogP contribution in [0.5, 0.6) is 5.75 Å². The molecule has 2 aliphatic heterocycles. The predicted octanol–water partition coefficient (Wildman–Crippen LogP) is 2.90. The summed E-state index contributed by atoms with van der Waals surface area (Å²) in [6.07, 6.45) is 0.0979. The van der Waals surface area contributed by atoms with Gasteiger partial charge < -0.3 is 9.47 Å². The van der Waals surface area contributed by atoms with Crippen molar-refractivity contribution in [3.8, 4) is 11.8 Å². The predicted molar refractivity (Wildman–Crippen MR) is 95.6 cm³/mol. The highest BCUT2D eigenvalue weighted by Crippen LogP contribution is 2.43. The number of benzene rings is 2. The number of carbonyl (C=O) groups excluding carboxylic acids is 1. The van der Waals surface area contributed by atoms with E-state index in [0.717, 1.165) is 16.9 Å². The first-order valence-electron chi connectivity index (χ1n) is 8.71. The number of nitrogens with one attached hydrogen (secondary N) is 1. The molecule has 1 N–H and O–H groups in total. The molecule has 2 aromatic carbocycles. The van der Waals surface area contributed by atoms with E-state index in [1.54, 1.807) is 6.07 Å². The molecule has 0 amide bonds. The number of fused-ring (bicyclic) bond motifs is 3. The fourth-order valence-electron chi connectivity index (χ4n) is 3.73. The van der Waals surface area contributed by atoms with Gasteiger partial charge in [-0.05, 0) is 44.0 Å². The molecule has 0 bridgehead atoms. The molecule has 0 aromatic heterocycles. The molecule has 5 nitrogen and oxygen atoms in total. The monoisotopic (exact) mass is 348 g/mol. The third-order valence-corrected chi connectivity index (χ3v) is 5.03. The quantitative estimate of drug-likeness (QED) is 0.845. The molecule has 0 spiro atoms. The fourth-order valence-corrected chi connectivity index (χ4v) is 3.73. The maximum absolute atomic E-state index is 12.6. The van der Waals surface area contributed by atoms with Gasteiger partial charge in [0, 0.05) is 5.56 Å². The van der Waals surface area contributed by atoms with E-state index in [1.807, 2.05) is 56.3 Å². The second-order valence-corrected chi connectivity index (χ2v) is 7.31. The van der Waals surface area contributed by atoms with Crippen molar-refractivity contribution in [2.45, 2.75) is 44.1 Å². The largest absolute Gasteiger partial charge is 0.484 e. The van der Waals surface area contributed by atoms with Gasteiger partial charge in [-0.15, -0.1) is 0 Å². The van der Waals surface area contributed by atoms with Crippen LogP contribution in [-0.2, 0) is 16.0 Å². The Labute approximate surface area is 152 Å². The van der Waals surface area contributed by atoms with Gasteiger partial charge in [-0.25, -0.2) is 0 Å². The molecular weight excluding hydrogens is 328 g/mol. The molecule has 1 fully saturated rings. The number of morpholine rings is 1. The van der Waals surface area contributed by atoms with E-state index in [1.165, 1.54) is 0 Å². The first kappa shape index (κ1) is 16.6. The van der Waals surface area contributed by atoms with Gasteiger partial charge in [0.05, 0.1) is 17.7 Å². The van der Waals surface area contributed by atoms with E-state index in [4.69, 9.17) is 9.47 Å². The zero-order chi connectivity index (χ0) is 18.3. The molecule has 1 unspecified atom stereocenters. The Morgan fingerprint density at radius 2 is 1.96 bits per heavy atom. The van der Waals surface area contributed by atoms with E-state index in [0.29, 0.717) is 12.0 Å². The lowest BCUT2D eigenvalue weighted by Crippen LogP contribution is -2.62. The summed E-state index contributed by atoms with van der Waals surface area (Å²) >= 11 is 0. The molecule has 4 rings (SSSR count). The molecule has 5 heteroatoms. The molecule has 26 heavy (non-hydrogen) atoms. The number of nitrogens with zero attached hydrogens (tertiary/aromatic N) is 1. The van der Waals surface area contributed by atoms with Crippen molar-refractivity contribution in [1.29, 1.82) is 5.26 Å². The minimum atomic E-state index is -0.661. The fraction of sp³-hybridized carbons (Fsp3) is 0.333. The standard InChI is InChI=1S/C21H20N2O3/c1-21(2)19-18(15-10-14(12-22)8-9-17(15)26-21)23-16(20(24)25-19)11-13-6-4-3-5-7-13/h3-10,16,18-19,23H,11H2,1-2H3/t16?,18-,19+/m0/s1. The van der Waals surface area contributed by atoms with Gasteiger partial charge in [0.15, 0.2) is 6.10 Å².